The third kappa shape index (κ3) is 2.68. The third-order valence-corrected chi connectivity index (χ3v) is 2.16. The summed E-state index contributed by atoms with van der Waals surface area (Å²) in [7, 11) is 0. The van der Waals surface area contributed by atoms with Gasteiger partial charge in [-0.3, -0.25) is 0 Å². The first-order valence-corrected chi connectivity index (χ1v) is 5.07. The zero-order chi connectivity index (χ0) is 12.0. The van der Waals surface area contributed by atoms with Gasteiger partial charge in [0.15, 0.2) is 11.0 Å². The molecule has 0 radical (unpaired) electrons. The van der Waals surface area contributed by atoms with Gasteiger partial charge in [-0.05, 0) is 6.92 Å². The Morgan fingerprint density at radius 1 is 1.31 bits per heavy atom. The first kappa shape index (κ1) is 12.4. The summed E-state index contributed by atoms with van der Waals surface area (Å²) in [5.41, 5.74) is 2.47. The van der Waals surface area contributed by atoms with Crippen molar-refractivity contribution in [3.63, 3.8) is 0 Å². The summed E-state index contributed by atoms with van der Waals surface area (Å²) in [5.74, 6) is 5.81. The molecule has 0 aromatic carbocycles. The van der Waals surface area contributed by atoms with E-state index < -0.39 is 0 Å². The minimum Gasteiger partial charge on any atom is -0.306 e. The van der Waals surface area contributed by atoms with Gasteiger partial charge >= 0.3 is 0 Å². The summed E-state index contributed by atoms with van der Waals surface area (Å²) in [6.45, 7) is 5.55. The maximum atomic E-state index is 5.97. The number of halogens is 1. The van der Waals surface area contributed by atoms with Crippen molar-refractivity contribution in [2.24, 2.45) is 5.84 Å². The molecule has 1 heterocycles. The minimum atomic E-state index is 0.324. The summed E-state index contributed by atoms with van der Waals surface area (Å²) in [5, 5.41) is 9.48. The van der Waals surface area contributed by atoms with Gasteiger partial charge in [-0.1, -0.05) is 48.6 Å². The van der Waals surface area contributed by atoms with Crippen LogP contribution in [0, 0.1) is 0 Å². The van der Waals surface area contributed by atoms with E-state index in [9.17, 15) is 0 Å². The Bertz CT molecular complexity index is 520. The first-order chi connectivity index (χ1) is 7.74. The summed E-state index contributed by atoms with van der Waals surface area (Å²) in [4.78, 5) is 0. The normalized spacial score (nSPS) is 13.4. The Balaban J connectivity index is 3.68. The number of nitrogens with one attached hydrogen (secondary N) is 1. The predicted molar refractivity (Wildman–Crippen MR) is 68.0 cm³/mol. The molecule has 0 aliphatic carbocycles. The van der Waals surface area contributed by atoms with Gasteiger partial charge in [-0.15, -0.1) is 10.2 Å². The Labute approximate surface area is 98.8 Å². The van der Waals surface area contributed by atoms with Crippen LogP contribution in [0.15, 0.2) is 24.8 Å². The van der Waals surface area contributed by atoms with Crippen LogP contribution < -0.4 is 21.7 Å². The van der Waals surface area contributed by atoms with Crippen molar-refractivity contribution in [3.8, 4) is 0 Å². The van der Waals surface area contributed by atoms with Gasteiger partial charge in [0.2, 0.25) is 0 Å². The number of hydrazine groups is 1. The largest absolute Gasteiger partial charge is 0.306 e. The van der Waals surface area contributed by atoms with Crippen molar-refractivity contribution in [2.75, 3.05) is 5.43 Å². The molecule has 0 atom stereocenters. The van der Waals surface area contributed by atoms with E-state index in [1.807, 2.05) is 25.2 Å². The Morgan fingerprint density at radius 3 is 2.62 bits per heavy atom. The van der Waals surface area contributed by atoms with Crippen molar-refractivity contribution < 1.29 is 0 Å². The first-order valence-electron chi connectivity index (χ1n) is 4.69. The van der Waals surface area contributed by atoms with E-state index in [-0.39, 0.29) is 0 Å². The molecule has 0 amide bonds. The molecule has 0 saturated heterocycles. The van der Waals surface area contributed by atoms with Gasteiger partial charge in [0, 0.05) is 10.4 Å². The highest BCUT2D eigenvalue weighted by atomic mass is 35.5. The smallest absolute Gasteiger partial charge is 0.170 e. The number of rotatable bonds is 3. The fourth-order valence-corrected chi connectivity index (χ4v) is 1.39. The van der Waals surface area contributed by atoms with Crippen LogP contribution in [-0.4, -0.2) is 10.2 Å². The summed E-state index contributed by atoms with van der Waals surface area (Å²) < 4.78 is 0. The van der Waals surface area contributed by atoms with Crippen molar-refractivity contribution in [2.45, 2.75) is 6.92 Å². The second-order valence-electron chi connectivity index (χ2n) is 2.91. The van der Waals surface area contributed by atoms with E-state index >= 15 is 0 Å². The van der Waals surface area contributed by atoms with E-state index in [0.29, 0.717) is 11.0 Å². The van der Waals surface area contributed by atoms with E-state index in [4.69, 9.17) is 17.4 Å². The molecule has 1 rings (SSSR count). The third-order valence-electron chi connectivity index (χ3n) is 1.88. The number of nitrogen functional groups attached to an aromatic ring is 1. The fourth-order valence-electron chi connectivity index (χ4n) is 1.18. The molecule has 0 spiro atoms. The van der Waals surface area contributed by atoms with Crippen molar-refractivity contribution >= 4 is 29.6 Å². The van der Waals surface area contributed by atoms with Gasteiger partial charge in [0.25, 0.3) is 0 Å². The highest BCUT2D eigenvalue weighted by Crippen LogP contribution is 1.94. The number of anilines is 1. The number of hydrogen-bond donors (Lipinski definition) is 2. The van der Waals surface area contributed by atoms with Crippen LogP contribution in [-0.2, 0) is 0 Å². The number of nitrogens with zero attached hydrogens (tertiary/aromatic N) is 2. The molecule has 1 aromatic heterocycles. The molecule has 0 aliphatic heterocycles. The zero-order valence-corrected chi connectivity index (χ0v) is 9.70. The van der Waals surface area contributed by atoms with Crippen molar-refractivity contribution in [1.82, 2.24) is 10.2 Å². The Morgan fingerprint density at radius 2 is 2.06 bits per heavy atom. The second kappa shape index (κ2) is 6.05. The average molecular weight is 237 g/mol. The van der Waals surface area contributed by atoms with Crippen molar-refractivity contribution in [1.29, 1.82) is 0 Å². The lowest BCUT2D eigenvalue weighted by molar-refractivity contribution is 0.999. The lowest BCUT2D eigenvalue weighted by atomic mass is 10.2. The topological polar surface area (TPSA) is 63.8 Å². The SMILES string of the molecule is C=C/C=c1/c(NN)nnc(Cl)/c1=C/C=C\C. The highest BCUT2D eigenvalue weighted by molar-refractivity contribution is 6.29. The van der Waals surface area contributed by atoms with Gasteiger partial charge in [0.1, 0.15) is 0 Å². The molecule has 0 unspecified atom stereocenters. The predicted octanol–water partition coefficient (Wildman–Crippen LogP) is 0.739. The molecular weight excluding hydrogens is 224 g/mol. The van der Waals surface area contributed by atoms with Gasteiger partial charge < -0.3 is 5.43 Å². The van der Waals surface area contributed by atoms with E-state index in [0.717, 1.165) is 10.4 Å². The molecule has 3 N–H and O–H groups in total. The molecule has 1 aromatic rings. The van der Waals surface area contributed by atoms with Gasteiger partial charge in [0.05, 0.1) is 0 Å². The molecular formula is C11H13ClN4. The molecule has 0 fully saturated rings. The average Bonchev–Trinajstić information content (AvgIpc) is 2.29. The van der Waals surface area contributed by atoms with Crippen LogP contribution in [0.2, 0.25) is 5.15 Å². The Kier molecular flexibility index (Phi) is 4.69. The van der Waals surface area contributed by atoms with Crippen LogP contribution in [0.25, 0.3) is 12.2 Å². The van der Waals surface area contributed by atoms with Crippen LogP contribution in [0.5, 0.6) is 0 Å². The molecule has 5 heteroatoms. The fraction of sp³-hybridized carbons (Fsp3) is 0.0909. The number of aromatic nitrogens is 2. The molecule has 0 aliphatic rings. The monoisotopic (exact) mass is 236 g/mol. The van der Waals surface area contributed by atoms with Crippen molar-refractivity contribution in [3.05, 3.63) is 40.4 Å². The van der Waals surface area contributed by atoms with Crippen LogP contribution in [0.1, 0.15) is 6.92 Å². The number of allylic oxidation sites excluding steroid dienone is 3. The van der Waals surface area contributed by atoms with E-state index in [1.165, 1.54) is 0 Å². The molecule has 0 saturated carbocycles. The summed E-state index contributed by atoms with van der Waals surface area (Å²) in [6.07, 6.45) is 9.01. The highest BCUT2D eigenvalue weighted by Gasteiger charge is 2.01. The van der Waals surface area contributed by atoms with Gasteiger partial charge in [-0.2, -0.15) is 0 Å². The Hall–Kier alpha value is -1.65. The lowest BCUT2D eigenvalue weighted by Gasteiger charge is -2.00. The van der Waals surface area contributed by atoms with Crippen LogP contribution in [0.4, 0.5) is 5.82 Å². The molecule has 0 bridgehead atoms. The van der Waals surface area contributed by atoms with Gasteiger partial charge in [-0.25, -0.2) is 5.84 Å². The maximum absolute atomic E-state index is 5.97. The number of nitrogens with two attached hydrogens (primary N) is 1. The standard InChI is InChI=1S/C11H13ClN4/c1-3-5-7-8-9(6-4-2)11(14-13)16-15-10(8)12/h3-7H,2,13H2,1H3,(H,14,16)/b5-3-,8-7+,9-6+. The summed E-state index contributed by atoms with van der Waals surface area (Å²) >= 11 is 5.97. The molecule has 16 heavy (non-hydrogen) atoms. The van der Waals surface area contributed by atoms with E-state index in [1.54, 1.807) is 12.2 Å². The van der Waals surface area contributed by atoms with Crippen LogP contribution >= 0.6 is 11.6 Å². The molecule has 84 valence electrons. The minimum absolute atomic E-state index is 0.324. The summed E-state index contributed by atoms with van der Waals surface area (Å²) in [6, 6.07) is 0. The quantitative estimate of drug-likeness (QED) is 0.600. The van der Waals surface area contributed by atoms with Crippen LogP contribution in [0.3, 0.4) is 0 Å². The molecule has 4 nitrogen and oxygen atoms in total. The lowest BCUT2D eigenvalue weighted by Crippen LogP contribution is -2.33. The van der Waals surface area contributed by atoms with E-state index in [2.05, 4.69) is 22.2 Å². The maximum Gasteiger partial charge on any atom is 0.170 e. The number of hydrogen-bond acceptors (Lipinski definition) is 4. The zero-order valence-electron chi connectivity index (χ0n) is 8.94. The second-order valence-corrected chi connectivity index (χ2v) is 3.26.